The number of rotatable bonds is 2. The summed E-state index contributed by atoms with van der Waals surface area (Å²) in [6.45, 7) is 0. The quantitative estimate of drug-likeness (QED) is 0.508. The van der Waals surface area contributed by atoms with Gasteiger partial charge in [-0.1, -0.05) is 0 Å². The van der Waals surface area contributed by atoms with Gasteiger partial charge in [0, 0.05) is 17.7 Å². The Hall–Kier alpha value is -1.54. The fourth-order valence-corrected chi connectivity index (χ4v) is 3.91. The molecule has 3 atom stereocenters. The van der Waals surface area contributed by atoms with E-state index in [-0.39, 0.29) is 23.5 Å². The molecular formula is C11H12N2O5S. The highest BCUT2D eigenvalue weighted by Gasteiger charge is 2.53. The van der Waals surface area contributed by atoms with Gasteiger partial charge in [0.25, 0.3) is 0 Å². The number of carboxylic acids is 1. The molecule has 8 heteroatoms. The van der Waals surface area contributed by atoms with Gasteiger partial charge in [-0.05, 0) is 6.42 Å². The first-order valence-electron chi connectivity index (χ1n) is 5.86. The van der Waals surface area contributed by atoms with Crippen molar-refractivity contribution in [2.75, 3.05) is 5.75 Å². The number of β-lactam (4-membered cyclic amide) rings is 1. The molecule has 0 aromatic carbocycles. The Morgan fingerprint density at radius 2 is 2.21 bits per heavy atom. The fourth-order valence-electron chi connectivity index (χ4n) is 2.56. The van der Waals surface area contributed by atoms with Gasteiger partial charge in [0.2, 0.25) is 5.91 Å². The van der Waals surface area contributed by atoms with Gasteiger partial charge in [-0.15, -0.1) is 11.8 Å². The molecular weight excluding hydrogens is 272 g/mol. The summed E-state index contributed by atoms with van der Waals surface area (Å²) in [7, 11) is 0. The Bertz CT molecular complexity index is 517. The third-order valence-corrected chi connectivity index (χ3v) is 4.84. The van der Waals surface area contributed by atoms with Crippen LogP contribution in [0.3, 0.4) is 0 Å². The Labute approximate surface area is 112 Å². The topological polar surface area (TPSA) is 110 Å². The zero-order chi connectivity index (χ0) is 13.7. The molecule has 3 rings (SSSR count). The van der Waals surface area contributed by atoms with Crippen molar-refractivity contribution in [1.82, 2.24) is 4.90 Å². The minimum atomic E-state index is -1.18. The summed E-state index contributed by atoms with van der Waals surface area (Å²) in [5.74, 6) is -1.48. The Balaban J connectivity index is 1.97. The van der Waals surface area contributed by atoms with Crippen LogP contribution in [0.5, 0.6) is 0 Å². The van der Waals surface area contributed by atoms with E-state index in [1.165, 1.54) is 16.7 Å². The van der Waals surface area contributed by atoms with E-state index >= 15 is 0 Å². The van der Waals surface area contributed by atoms with Crippen LogP contribution in [0, 0.1) is 0 Å². The van der Waals surface area contributed by atoms with Crippen LogP contribution < -0.4 is 5.73 Å². The Morgan fingerprint density at radius 1 is 1.47 bits per heavy atom. The number of carbonyl (C=O) groups excluding carboxylic acids is 2. The molecule has 7 nitrogen and oxygen atoms in total. The number of fused-ring (bicyclic) bond motifs is 1. The number of thioether (sulfide) groups is 1. The minimum absolute atomic E-state index is 0.0600. The van der Waals surface area contributed by atoms with Gasteiger partial charge in [-0.3, -0.25) is 14.5 Å². The summed E-state index contributed by atoms with van der Waals surface area (Å²) in [4.78, 5) is 35.5. The highest BCUT2D eigenvalue weighted by molar-refractivity contribution is 8.00. The van der Waals surface area contributed by atoms with Crippen molar-refractivity contribution in [3.8, 4) is 0 Å². The van der Waals surface area contributed by atoms with E-state index in [1.54, 1.807) is 0 Å². The van der Waals surface area contributed by atoms with Crippen LogP contribution in [0.4, 0.5) is 0 Å². The molecule has 19 heavy (non-hydrogen) atoms. The molecule has 0 aromatic heterocycles. The first kappa shape index (κ1) is 12.5. The lowest BCUT2D eigenvalue weighted by molar-refractivity contribution is -0.148. The number of hydrogen-bond donors (Lipinski definition) is 2. The van der Waals surface area contributed by atoms with E-state index in [2.05, 4.69) is 0 Å². The van der Waals surface area contributed by atoms with Crippen LogP contribution >= 0.6 is 11.8 Å². The number of carbonyl (C=O) groups is 3. The number of cyclic esters (lactones) is 1. The van der Waals surface area contributed by atoms with Crippen LogP contribution in [-0.4, -0.2) is 51.1 Å². The monoisotopic (exact) mass is 284 g/mol. The van der Waals surface area contributed by atoms with E-state index < -0.39 is 24.0 Å². The Morgan fingerprint density at radius 3 is 2.79 bits per heavy atom. The summed E-state index contributed by atoms with van der Waals surface area (Å²) in [5, 5.41) is 9.00. The van der Waals surface area contributed by atoms with Crippen LogP contribution in [0.2, 0.25) is 0 Å². The second kappa shape index (κ2) is 4.24. The lowest BCUT2D eigenvalue weighted by atomic mass is 10.00. The van der Waals surface area contributed by atoms with Crippen molar-refractivity contribution in [3.05, 3.63) is 11.3 Å². The van der Waals surface area contributed by atoms with Crippen molar-refractivity contribution in [3.63, 3.8) is 0 Å². The summed E-state index contributed by atoms with van der Waals surface area (Å²) >= 11 is 1.41. The standard InChI is InChI=1S/C11H12N2O5S/c12-7-9(15)13-8(11(16)17)4(3-19-10(7)13)5-1-2-6(14)18-5/h5,7,10H,1-3,12H2,(H,16,17)/t5-,7+,10+/m0/s1. The lowest BCUT2D eigenvalue weighted by Gasteiger charge is -2.48. The molecule has 3 N–H and O–H groups in total. The first-order chi connectivity index (χ1) is 9.00. The van der Waals surface area contributed by atoms with E-state index in [1.807, 2.05) is 0 Å². The van der Waals surface area contributed by atoms with E-state index in [0.717, 1.165) is 0 Å². The maximum atomic E-state index is 11.7. The normalized spacial score (nSPS) is 33.9. The number of ether oxygens (including phenoxy) is 1. The van der Waals surface area contributed by atoms with Gasteiger partial charge in [-0.2, -0.15) is 0 Å². The predicted molar refractivity (Wildman–Crippen MR) is 64.8 cm³/mol. The molecule has 102 valence electrons. The Kier molecular flexibility index (Phi) is 2.79. The zero-order valence-electron chi connectivity index (χ0n) is 9.87. The second-order valence-electron chi connectivity index (χ2n) is 4.63. The average molecular weight is 284 g/mol. The summed E-state index contributed by atoms with van der Waals surface area (Å²) < 4.78 is 5.11. The molecule has 2 fully saturated rings. The number of carboxylic acid groups (broad SMARTS) is 1. The van der Waals surface area contributed by atoms with Crippen molar-refractivity contribution < 1.29 is 24.2 Å². The molecule has 3 aliphatic heterocycles. The van der Waals surface area contributed by atoms with Gasteiger partial charge in [-0.25, -0.2) is 4.79 Å². The second-order valence-corrected chi connectivity index (χ2v) is 5.74. The molecule has 2 saturated heterocycles. The van der Waals surface area contributed by atoms with Crippen LogP contribution in [-0.2, 0) is 19.1 Å². The molecule has 0 radical (unpaired) electrons. The maximum Gasteiger partial charge on any atom is 0.352 e. The molecule has 0 spiro atoms. The molecule has 0 bridgehead atoms. The highest BCUT2D eigenvalue weighted by Crippen LogP contribution is 2.42. The maximum absolute atomic E-state index is 11.7. The predicted octanol–water partition coefficient (Wildman–Crippen LogP) is -0.727. The number of nitrogens with two attached hydrogens (primary N) is 1. The van der Waals surface area contributed by atoms with E-state index in [9.17, 15) is 19.5 Å². The lowest BCUT2D eigenvalue weighted by Crippen LogP contribution is -2.68. The van der Waals surface area contributed by atoms with Crippen molar-refractivity contribution in [2.45, 2.75) is 30.4 Å². The smallest absolute Gasteiger partial charge is 0.352 e. The molecule has 0 aromatic rings. The molecule has 3 heterocycles. The third-order valence-electron chi connectivity index (χ3n) is 3.51. The largest absolute Gasteiger partial charge is 0.477 e. The summed E-state index contributed by atoms with van der Waals surface area (Å²) in [6, 6.07) is -0.646. The average Bonchev–Trinajstić information content (AvgIpc) is 2.82. The summed E-state index contributed by atoms with van der Waals surface area (Å²) in [6.07, 6.45) is 0.212. The molecule has 3 aliphatic rings. The first-order valence-corrected chi connectivity index (χ1v) is 6.91. The number of nitrogens with zero attached hydrogens (tertiary/aromatic N) is 1. The van der Waals surface area contributed by atoms with Crippen molar-refractivity contribution in [2.24, 2.45) is 5.73 Å². The SMILES string of the molecule is N[C@@H]1C(=O)N2C(C(=O)O)=C([C@@H]3CCC(=O)O3)CS[C@H]12. The molecule has 0 unspecified atom stereocenters. The van der Waals surface area contributed by atoms with Gasteiger partial charge in [0.05, 0.1) is 0 Å². The van der Waals surface area contributed by atoms with Gasteiger partial charge >= 0.3 is 11.9 Å². The summed E-state index contributed by atoms with van der Waals surface area (Å²) in [5.41, 5.74) is 6.09. The van der Waals surface area contributed by atoms with Crippen molar-refractivity contribution >= 4 is 29.6 Å². The van der Waals surface area contributed by atoms with Gasteiger partial charge in [0.1, 0.15) is 23.2 Å². The van der Waals surface area contributed by atoms with Gasteiger partial charge < -0.3 is 15.6 Å². The van der Waals surface area contributed by atoms with Crippen molar-refractivity contribution in [1.29, 1.82) is 0 Å². The molecule has 0 saturated carbocycles. The van der Waals surface area contributed by atoms with E-state index in [0.29, 0.717) is 17.7 Å². The minimum Gasteiger partial charge on any atom is -0.477 e. The fraction of sp³-hybridized carbons (Fsp3) is 0.545. The molecule has 0 aliphatic carbocycles. The van der Waals surface area contributed by atoms with E-state index in [4.69, 9.17) is 10.5 Å². The number of esters is 1. The third kappa shape index (κ3) is 1.74. The molecule has 1 amide bonds. The van der Waals surface area contributed by atoms with Crippen LogP contribution in [0.1, 0.15) is 12.8 Å². The highest BCUT2D eigenvalue weighted by atomic mass is 32.2. The van der Waals surface area contributed by atoms with Gasteiger partial charge in [0.15, 0.2) is 0 Å². The zero-order valence-corrected chi connectivity index (χ0v) is 10.7. The van der Waals surface area contributed by atoms with Crippen LogP contribution in [0.15, 0.2) is 11.3 Å². The number of amides is 1. The van der Waals surface area contributed by atoms with Crippen LogP contribution in [0.25, 0.3) is 0 Å². The number of aliphatic carboxylic acids is 1. The number of hydrogen-bond acceptors (Lipinski definition) is 6.